The molecular weight excluding hydrogens is 242 g/mol. The normalized spacial score (nSPS) is 14.9. The van der Waals surface area contributed by atoms with Gasteiger partial charge < -0.3 is 10.2 Å². The summed E-state index contributed by atoms with van der Waals surface area (Å²) in [6, 6.07) is 3.92. The average molecular weight is 255 g/mol. The van der Waals surface area contributed by atoms with Gasteiger partial charge in [0.25, 0.3) is 0 Å². The monoisotopic (exact) mass is 255 g/mol. The van der Waals surface area contributed by atoms with Gasteiger partial charge >= 0.3 is 0 Å². The third-order valence-corrected chi connectivity index (χ3v) is 4.28. The molecule has 0 radical (unpaired) electrons. The Morgan fingerprint density at radius 3 is 2.81 bits per heavy atom. The molecule has 0 spiro atoms. The molecule has 2 aromatic heterocycles. The SMILES string of the molecule is Cc1ccc(C(Sc2ncns2)C(C)N)o1. The number of furan rings is 1. The van der Waals surface area contributed by atoms with Crippen LogP contribution < -0.4 is 5.73 Å². The number of aromatic nitrogens is 2. The van der Waals surface area contributed by atoms with Gasteiger partial charge in [0.05, 0.1) is 5.25 Å². The first-order chi connectivity index (χ1) is 7.66. The Labute approximate surface area is 102 Å². The zero-order valence-corrected chi connectivity index (χ0v) is 10.7. The largest absolute Gasteiger partial charge is 0.465 e. The molecule has 2 unspecified atom stereocenters. The van der Waals surface area contributed by atoms with Crippen LogP contribution in [-0.4, -0.2) is 15.4 Å². The molecule has 0 fully saturated rings. The maximum absolute atomic E-state index is 5.97. The molecule has 2 heterocycles. The number of hydrogen-bond donors (Lipinski definition) is 1. The van der Waals surface area contributed by atoms with E-state index < -0.39 is 0 Å². The minimum atomic E-state index is -0.000509. The van der Waals surface area contributed by atoms with E-state index >= 15 is 0 Å². The van der Waals surface area contributed by atoms with Crippen LogP contribution in [0.3, 0.4) is 0 Å². The highest BCUT2D eigenvalue weighted by Crippen LogP contribution is 2.38. The number of aryl methyl sites for hydroxylation is 1. The van der Waals surface area contributed by atoms with Crippen molar-refractivity contribution < 1.29 is 4.42 Å². The summed E-state index contributed by atoms with van der Waals surface area (Å²) in [6.45, 7) is 3.90. The van der Waals surface area contributed by atoms with Crippen LogP contribution >= 0.6 is 23.3 Å². The van der Waals surface area contributed by atoms with Gasteiger partial charge in [-0.05, 0) is 37.5 Å². The van der Waals surface area contributed by atoms with E-state index in [0.29, 0.717) is 0 Å². The smallest absolute Gasteiger partial charge is 0.170 e. The Kier molecular flexibility index (Phi) is 3.63. The third-order valence-electron chi connectivity index (χ3n) is 2.09. The molecule has 16 heavy (non-hydrogen) atoms. The molecule has 4 nitrogen and oxygen atoms in total. The first-order valence-corrected chi connectivity index (χ1v) is 6.57. The second-order valence-electron chi connectivity index (χ2n) is 3.55. The van der Waals surface area contributed by atoms with E-state index in [1.54, 1.807) is 18.1 Å². The molecule has 2 N–H and O–H groups in total. The van der Waals surface area contributed by atoms with E-state index in [2.05, 4.69) is 9.36 Å². The van der Waals surface area contributed by atoms with E-state index in [1.807, 2.05) is 26.0 Å². The van der Waals surface area contributed by atoms with Crippen molar-refractivity contribution in [3.63, 3.8) is 0 Å². The Hall–Kier alpha value is -0.850. The van der Waals surface area contributed by atoms with Crippen molar-refractivity contribution in [2.45, 2.75) is 29.5 Å². The van der Waals surface area contributed by atoms with E-state index in [9.17, 15) is 0 Å². The molecule has 0 aliphatic carbocycles. The van der Waals surface area contributed by atoms with Gasteiger partial charge in [0.2, 0.25) is 0 Å². The molecule has 0 bridgehead atoms. The molecule has 2 aromatic rings. The van der Waals surface area contributed by atoms with Crippen LogP contribution in [-0.2, 0) is 0 Å². The van der Waals surface area contributed by atoms with Gasteiger partial charge in [0.15, 0.2) is 4.34 Å². The maximum Gasteiger partial charge on any atom is 0.170 e. The summed E-state index contributed by atoms with van der Waals surface area (Å²) in [5, 5.41) is 0.0849. The fraction of sp³-hybridized carbons (Fsp3) is 0.400. The first-order valence-electron chi connectivity index (χ1n) is 4.92. The van der Waals surface area contributed by atoms with Crippen molar-refractivity contribution >= 4 is 23.3 Å². The van der Waals surface area contributed by atoms with Gasteiger partial charge in [-0.15, -0.1) is 0 Å². The highest BCUT2D eigenvalue weighted by Gasteiger charge is 2.22. The number of hydrogen-bond acceptors (Lipinski definition) is 6. The van der Waals surface area contributed by atoms with E-state index in [0.717, 1.165) is 15.9 Å². The second kappa shape index (κ2) is 4.99. The Morgan fingerprint density at radius 2 is 2.31 bits per heavy atom. The van der Waals surface area contributed by atoms with Crippen molar-refractivity contribution in [3.05, 3.63) is 30.0 Å². The van der Waals surface area contributed by atoms with Crippen molar-refractivity contribution in [1.29, 1.82) is 0 Å². The standard InChI is InChI=1S/C10H13N3OS2/c1-6-3-4-8(14-6)9(7(2)11)15-10-12-5-13-16-10/h3-5,7,9H,11H2,1-2H3. The minimum absolute atomic E-state index is 0.000509. The lowest BCUT2D eigenvalue weighted by molar-refractivity contribution is 0.464. The van der Waals surface area contributed by atoms with Gasteiger partial charge in [-0.25, -0.2) is 4.98 Å². The predicted molar refractivity (Wildman–Crippen MR) is 65.6 cm³/mol. The highest BCUT2D eigenvalue weighted by molar-refractivity contribution is 8.01. The molecule has 2 rings (SSSR count). The van der Waals surface area contributed by atoms with Crippen LogP contribution in [0.2, 0.25) is 0 Å². The van der Waals surface area contributed by atoms with Gasteiger partial charge in [-0.3, -0.25) is 0 Å². The van der Waals surface area contributed by atoms with Crippen LogP contribution in [0.1, 0.15) is 23.7 Å². The van der Waals surface area contributed by atoms with Crippen molar-refractivity contribution in [3.8, 4) is 0 Å². The lowest BCUT2D eigenvalue weighted by Gasteiger charge is -2.16. The molecule has 0 saturated carbocycles. The zero-order valence-electron chi connectivity index (χ0n) is 9.08. The summed E-state index contributed by atoms with van der Waals surface area (Å²) < 4.78 is 10.5. The summed E-state index contributed by atoms with van der Waals surface area (Å²) in [6.07, 6.45) is 1.55. The van der Waals surface area contributed by atoms with Crippen LogP contribution in [0.5, 0.6) is 0 Å². The Morgan fingerprint density at radius 1 is 1.50 bits per heavy atom. The number of rotatable bonds is 4. The van der Waals surface area contributed by atoms with Crippen molar-refractivity contribution in [2.75, 3.05) is 0 Å². The average Bonchev–Trinajstić information content (AvgIpc) is 2.84. The topological polar surface area (TPSA) is 64.9 Å². The molecule has 0 aliphatic rings. The third kappa shape index (κ3) is 2.63. The molecular formula is C10H13N3OS2. The van der Waals surface area contributed by atoms with E-state index in [-0.39, 0.29) is 11.3 Å². The van der Waals surface area contributed by atoms with Gasteiger partial charge in [0, 0.05) is 6.04 Å². The molecule has 6 heteroatoms. The lowest BCUT2D eigenvalue weighted by atomic mass is 10.2. The van der Waals surface area contributed by atoms with E-state index in [4.69, 9.17) is 10.2 Å². The van der Waals surface area contributed by atoms with Crippen molar-refractivity contribution in [1.82, 2.24) is 9.36 Å². The lowest BCUT2D eigenvalue weighted by Crippen LogP contribution is -2.22. The minimum Gasteiger partial charge on any atom is -0.465 e. The maximum atomic E-state index is 5.97. The Bertz CT molecular complexity index is 439. The van der Waals surface area contributed by atoms with Gasteiger partial charge in [-0.2, -0.15) is 4.37 Å². The molecule has 0 aromatic carbocycles. The highest BCUT2D eigenvalue weighted by atomic mass is 32.2. The zero-order chi connectivity index (χ0) is 11.5. The molecule has 86 valence electrons. The fourth-order valence-corrected chi connectivity index (χ4v) is 3.03. The quantitative estimate of drug-likeness (QED) is 0.851. The number of nitrogens with two attached hydrogens (primary N) is 1. The number of nitrogens with zero attached hydrogens (tertiary/aromatic N) is 2. The molecule has 0 saturated heterocycles. The summed E-state index contributed by atoms with van der Waals surface area (Å²) in [5.74, 6) is 1.80. The summed E-state index contributed by atoms with van der Waals surface area (Å²) in [4.78, 5) is 4.14. The second-order valence-corrected chi connectivity index (χ2v) is 5.72. The number of thioether (sulfide) groups is 1. The van der Waals surface area contributed by atoms with Gasteiger partial charge in [0.1, 0.15) is 17.8 Å². The van der Waals surface area contributed by atoms with Crippen molar-refractivity contribution in [2.24, 2.45) is 5.73 Å². The summed E-state index contributed by atoms with van der Waals surface area (Å²) in [5.41, 5.74) is 5.97. The molecule has 0 aliphatic heterocycles. The van der Waals surface area contributed by atoms with Crippen LogP contribution in [0.25, 0.3) is 0 Å². The summed E-state index contributed by atoms with van der Waals surface area (Å²) >= 11 is 2.97. The molecule has 0 amide bonds. The van der Waals surface area contributed by atoms with E-state index in [1.165, 1.54) is 11.5 Å². The van der Waals surface area contributed by atoms with Crippen LogP contribution in [0.15, 0.2) is 27.2 Å². The summed E-state index contributed by atoms with van der Waals surface area (Å²) in [7, 11) is 0. The van der Waals surface area contributed by atoms with Crippen LogP contribution in [0.4, 0.5) is 0 Å². The predicted octanol–water partition coefficient (Wildman–Crippen LogP) is 2.62. The Balaban J connectivity index is 2.18. The molecule has 2 atom stereocenters. The van der Waals surface area contributed by atoms with Gasteiger partial charge in [-0.1, -0.05) is 11.8 Å². The van der Waals surface area contributed by atoms with Crippen LogP contribution in [0, 0.1) is 6.92 Å². The fourth-order valence-electron chi connectivity index (χ4n) is 1.35. The first kappa shape index (κ1) is 11.6.